The van der Waals surface area contributed by atoms with E-state index in [0.717, 1.165) is 5.56 Å². The van der Waals surface area contributed by atoms with Crippen molar-refractivity contribution in [1.82, 2.24) is 19.9 Å². The largest absolute Gasteiger partial charge is 0.386 e. The highest BCUT2D eigenvalue weighted by atomic mass is 16.5. The fraction of sp³-hybridized carbons (Fsp3) is 0.200. The van der Waals surface area contributed by atoms with Gasteiger partial charge in [0.2, 0.25) is 11.7 Å². The number of aryl methyl sites for hydroxylation is 1. The van der Waals surface area contributed by atoms with Crippen LogP contribution in [-0.4, -0.2) is 25.0 Å². The molecule has 1 aromatic carbocycles. The number of hydrogen-bond donors (Lipinski definition) is 1. The summed E-state index contributed by atoms with van der Waals surface area (Å²) in [5.41, 5.74) is 1.23. The summed E-state index contributed by atoms with van der Waals surface area (Å²) in [7, 11) is 0. The Kier molecular flexibility index (Phi) is 3.80. The first-order valence-electron chi connectivity index (χ1n) is 6.74. The summed E-state index contributed by atoms with van der Waals surface area (Å²) in [4.78, 5) is 15.7. The first-order chi connectivity index (χ1) is 10.6. The number of benzene rings is 1. The van der Waals surface area contributed by atoms with E-state index in [1.54, 1.807) is 37.3 Å². The Balaban J connectivity index is 1.78. The molecule has 0 amide bonds. The maximum absolute atomic E-state index is 11.6. The fourth-order valence-corrected chi connectivity index (χ4v) is 2.06. The van der Waals surface area contributed by atoms with Crippen molar-refractivity contribution in [3.63, 3.8) is 0 Å². The number of nitrogens with zero attached hydrogens (tertiary/aromatic N) is 4. The van der Waals surface area contributed by atoms with Crippen LogP contribution in [0.25, 0.3) is 11.4 Å². The minimum Gasteiger partial charge on any atom is -0.386 e. The third-order valence-electron chi connectivity index (χ3n) is 3.21. The Hall–Kier alpha value is -2.80. The quantitative estimate of drug-likeness (QED) is 0.781. The molecular weight excluding hydrogens is 284 g/mol. The van der Waals surface area contributed by atoms with Crippen molar-refractivity contribution >= 4 is 0 Å². The zero-order valence-corrected chi connectivity index (χ0v) is 11.9. The zero-order chi connectivity index (χ0) is 15.5. The molecule has 0 aliphatic carbocycles. The fourth-order valence-electron chi connectivity index (χ4n) is 2.06. The molecule has 0 bridgehead atoms. The molecular formula is C15H14N4O3. The van der Waals surface area contributed by atoms with Crippen LogP contribution >= 0.6 is 0 Å². The predicted molar refractivity (Wildman–Crippen MR) is 77.9 cm³/mol. The molecule has 22 heavy (non-hydrogen) atoms. The average molecular weight is 298 g/mol. The molecule has 3 aromatic rings. The second-order valence-corrected chi connectivity index (χ2v) is 4.82. The Labute approximate surface area is 125 Å². The van der Waals surface area contributed by atoms with Crippen LogP contribution < -0.4 is 5.56 Å². The number of hydrogen-bond acceptors (Lipinski definition) is 6. The van der Waals surface area contributed by atoms with E-state index < -0.39 is 6.10 Å². The summed E-state index contributed by atoms with van der Waals surface area (Å²) in [6.07, 6.45) is 0.684. The lowest BCUT2D eigenvalue weighted by Gasteiger charge is -2.12. The molecule has 0 saturated heterocycles. The van der Waals surface area contributed by atoms with Gasteiger partial charge in [-0.05, 0) is 11.6 Å². The van der Waals surface area contributed by atoms with Gasteiger partial charge in [-0.3, -0.25) is 4.79 Å². The lowest BCUT2D eigenvalue weighted by Crippen LogP contribution is -2.24. The van der Waals surface area contributed by atoms with Gasteiger partial charge in [0, 0.05) is 24.8 Å². The molecule has 1 atom stereocenters. The van der Waals surface area contributed by atoms with Gasteiger partial charge in [-0.15, -0.1) is 0 Å². The first kappa shape index (κ1) is 14.2. The topological polar surface area (TPSA) is 94.0 Å². The predicted octanol–water partition coefficient (Wildman–Crippen LogP) is 1.34. The van der Waals surface area contributed by atoms with E-state index in [2.05, 4.69) is 15.2 Å². The molecule has 0 radical (unpaired) electrons. The molecule has 112 valence electrons. The lowest BCUT2D eigenvalue weighted by molar-refractivity contribution is 0.149. The summed E-state index contributed by atoms with van der Waals surface area (Å²) in [6.45, 7) is 1.82. The normalized spacial score (nSPS) is 12.3. The molecule has 0 spiro atoms. The summed E-state index contributed by atoms with van der Waals surface area (Å²) >= 11 is 0. The van der Waals surface area contributed by atoms with Crippen molar-refractivity contribution in [2.24, 2.45) is 0 Å². The van der Waals surface area contributed by atoms with E-state index in [9.17, 15) is 9.90 Å². The monoisotopic (exact) mass is 298 g/mol. The van der Waals surface area contributed by atoms with Gasteiger partial charge in [0.05, 0.1) is 12.6 Å². The van der Waals surface area contributed by atoms with Gasteiger partial charge in [-0.2, -0.15) is 10.1 Å². The Morgan fingerprint density at radius 1 is 1.27 bits per heavy atom. The highest BCUT2D eigenvalue weighted by molar-refractivity contribution is 5.54. The highest BCUT2D eigenvalue weighted by Crippen LogP contribution is 2.20. The summed E-state index contributed by atoms with van der Waals surface area (Å²) < 4.78 is 6.16. The van der Waals surface area contributed by atoms with E-state index in [4.69, 9.17) is 4.52 Å². The van der Waals surface area contributed by atoms with Crippen molar-refractivity contribution in [1.29, 1.82) is 0 Å². The molecule has 0 aliphatic heterocycles. The van der Waals surface area contributed by atoms with Crippen LogP contribution in [0.15, 0.2) is 51.9 Å². The molecule has 2 aromatic heterocycles. The van der Waals surface area contributed by atoms with Crippen LogP contribution in [0.3, 0.4) is 0 Å². The molecule has 1 N–H and O–H groups in total. The van der Waals surface area contributed by atoms with Crippen molar-refractivity contribution in [2.45, 2.75) is 19.6 Å². The molecule has 0 aliphatic rings. The first-order valence-corrected chi connectivity index (χ1v) is 6.74. The molecule has 2 heterocycles. The van der Waals surface area contributed by atoms with E-state index in [1.807, 2.05) is 0 Å². The van der Waals surface area contributed by atoms with Crippen LogP contribution in [0.5, 0.6) is 0 Å². The second kappa shape index (κ2) is 5.90. The second-order valence-electron chi connectivity index (χ2n) is 4.82. The Morgan fingerprint density at radius 2 is 2.05 bits per heavy atom. The van der Waals surface area contributed by atoms with Crippen molar-refractivity contribution in [3.05, 3.63) is 64.4 Å². The number of aromatic nitrogens is 4. The van der Waals surface area contributed by atoms with Gasteiger partial charge in [0.15, 0.2) is 0 Å². The highest BCUT2D eigenvalue weighted by Gasteiger charge is 2.11. The van der Waals surface area contributed by atoms with Crippen LogP contribution in [0.4, 0.5) is 0 Å². The molecule has 3 rings (SSSR count). The molecule has 0 fully saturated rings. The molecule has 7 heteroatoms. The minimum atomic E-state index is -0.825. The van der Waals surface area contributed by atoms with Crippen molar-refractivity contribution < 1.29 is 9.63 Å². The third kappa shape index (κ3) is 2.94. The lowest BCUT2D eigenvalue weighted by atomic mass is 10.1. The van der Waals surface area contributed by atoms with Crippen LogP contribution in [0.1, 0.15) is 17.6 Å². The van der Waals surface area contributed by atoms with Crippen LogP contribution in [0.2, 0.25) is 0 Å². The maximum Gasteiger partial charge on any atom is 0.266 e. The summed E-state index contributed by atoms with van der Waals surface area (Å²) in [5.74, 6) is 0.994. The van der Waals surface area contributed by atoms with E-state index in [0.29, 0.717) is 17.3 Å². The van der Waals surface area contributed by atoms with Crippen LogP contribution in [-0.2, 0) is 6.54 Å². The SMILES string of the molecule is Cc1nc(-c2ccc(C(O)Cn3ncccc3=O)cc2)no1. The summed E-state index contributed by atoms with van der Waals surface area (Å²) in [5, 5.41) is 18.0. The van der Waals surface area contributed by atoms with Gasteiger partial charge in [0.1, 0.15) is 0 Å². The zero-order valence-electron chi connectivity index (χ0n) is 11.9. The van der Waals surface area contributed by atoms with Gasteiger partial charge in [-0.25, -0.2) is 4.68 Å². The minimum absolute atomic E-state index is 0.0976. The molecule has 0 saturated carbocycles. The number of aliphatic hydroxyl groups is 1. The van der Waals surface area contributed by atoms with E-state index in [1.165, 1.54) is 16.9 Å². The molecule has 1 unspecified atom stereocenters. The van der Waals surface area contributed by atoms with Gasteiger partial charge >= 0.3 is 0 Å². The van der Waals surface area contributed by atoms with Crippen molar-refractivity contribution in [3.8, 4) is 11.4 Å². The summed E-state index contributed by atoms with van der Waals surface area (Å²) in [6, 6.07) is 10.1. The van der Waals surface area contributed by atoms with E-state index >= 15 is 0 Å². The third-order valence-corrected chi connectivity index (χ3v) is 3.21. The maximum atomic E-state index is 11.6. The van der Waals surface area contributed by atoms with Gasteiger partial charge in [-0.1, -0.05) is 29.4 Å². The Bertz CT molecular complexity index is 823. The van der Waals surface area contributed by atoms with Gasteiger partial charge in [0.25, 0.3) is 5.56 Å². The number of aliphatic hydroxyl groups excluding tert-OH is 1. The Morgan fingerprint density at radius 3 is 2.68 bits per heavy atom. The van der Waals surface area contributed by atoms with E-state index in [-0.39, 0.29) is 12.1 Å². The van der Waals surface area contributed by atoms with Gasteiger partial charge < -0.3 is 9.63 Å². The van der Waals surface area contributed by atoms with Crippen LogP contribution in [0, 0.1) is 6.92 Å². The van der Waals surface area contributed by atoms with Crippen molar-refractivity contribution in [2.75, 3.05) is 0 Å². The number of rotatable bonds is 4. The smallest absolute Gasteiger partial charge is 0.266 e. The molecule has 7 nitrogen and oxygen atoms in total. The average Bonchev–Trinajstić information content (AvgIpc) is 2.96. The standard InChI is InChI=1S/C15H14N4O3/c1-10-17-15(18-22-10)12-6-4-11(5-7-12)13(20)9-19-14(21)3-2-8-16-19/h2-8,13,20H,9H2,1H3.